The second-order valence-electron chi connectivity index (χ2n) is 6.87. The number of nitrogens with one attached hydrogen (secondary N) is 1. The van der Waals surface area contributed by atoms with Crippen molar-refractivity contribution < 1.29 is 9.59 Å². The van der Waals surface area contributed by atoms with Crippen LogP contribution in [0, 0.1) is 11.3 Å². The molecule has 2 aromatic carbocycles. The maximum Gasteiger partial charge on any atom is 0.251 e. The van der Waals surface area contributed by atoms with E-state index < -0.39 is 0 Å². The van der Waals surface area contributed by atoms with E-state index in [0.29, 0.717) is 28.0 Å². The van der Waals surface area contributed by atoms with Crippen LogP contribution in [-0.4, -0.2) is 18.2 Å². The minimum atomic E-state index is -0.0774. The molecule has 1 amide bonds. The molecule has 0 heterocycles. The molecule has 1 aliphatic rings. The average molecular weight is 307 g/mol. The first-order chi connectivity index (χ1) is 11.0. The molecule has 1 saturated carbocycles. The zero-order chi connectivity index (χ0) is 16.4. The summed E-state index contributed by atoms with van der Waals surface area (Å²) >= 11 is 0. The van der Waals surface area contributed by atoms with E-state index in [2.05, 4.69) is 19.2 Å². The van der Waals surface area contributed by atoms with E-state index in [0.717, 1.165) is 13.0 Å². The van der Waals surface area contributed by atoms with E-state index in [9.17, 15) is 9.59 Å². The quantitative estimate of drug-likeness (QED) is 0.856. The molecule has 3 nitrogen and oxygen atoms in total. The van der Waals surface area contributed by atoms with Gasteiger partial charge in [0.2, 0.25) is 0 Å². The van der Waals surface area contributed by atoms with E-state index in [1.54, 1.807) is 36.4 Å². The predicted octanol–water partition coefficient (Wildman–Crippen LogP) is 3.69. The molecule has 1 atom stereocenters. The van der Waals surface area contributed by atoms with Crippen molar-refractivity contribution in [2.75, 3.05) is 6.54 Å². The molecule has 118 valence electrons. The van der Waals surface area contributed by atoms with Crippen molar-refractivity contribution in [2.45, 2.75) is 20.3 Å². The molecule has 1 aliphatic carbocycles. The van der Waals surface area contributed by atoms with Crippen LogP contribution in [0.15, 0.2) is 54.6 Å². The molecular formula is C20H21NO2. The van der Waals surface area contributed by atoms with Crippen molar-refractivity contribution in [2.24, 2.45) is 11.3 Å². The van der Waals surface area contributed by atoms with Crippen LogP contribution >= 0.6 is 0 Å². The molecule has 1 unspecified atom stereocenters. The van der Waals surface area contributed by atoms with E-state index in [1.165, 1.54) is 0 Å². The van der Waals surface area contributed by atoms with Gasteiger partial charge in [-0.15, -0.1) is 0 Å². The Balaban J connectivity index is 1.63. The fraction of sp³-hybridized carbons (Fsp3) is 0.300. The van der Waals surface area contributed by atoms with Gasteiger partial charge >= 0.3 is 0 Å². The Labute approximate surface area is 136 Å². The normalized spacial score (nSPS) is 18.3. The van der Waals surface area contributed by atoms with Gasteiger partial charge in [0, 0.05) is 23.2 Å². The number of hydrogen-bond acceptors (Lipinski definition) is 2. The third-order valence-electron chi connectivity index (χ3n) is 4.67. The summed E-state index contributed by atoms with van der Waals surface area (Å²) in [6.07, 6.45) is 1.16. The third kappa shape index (κ3) is 3.50. The van der Waals surface area contributed by atoms with E-state index >= 15 is 0 Å². The lowest BCUT2D eigenvalue weighted by Crippen LogP contribution is -2.26. The van der Waals surface area contributed by atoms with Crippen LogP contribution in [0.5, 0.6) is 0 Å². The van der Waals surface area contributed by atoms with Crippen molar-refractivity contribution in [1.82, 2.24) is 5.32 Å². The molecule has 0 aliphatic heterocycles. The third-order valence-corrected chi connectivity index (χ3v) is 4.67. The van der Waals surface area contributed by atoms with Crippen molar-refractivity contribution >= 4 is 11.7 Å². The summed E-state index contributed by atoms with van der Waals surface area (Å²) in [4.78, 5) is 24.5. The Hall–Kier alpha value is -2.42. The highest BCUT2D eigenvalue weighted by Gasteiger charge is 2.45. The van der Waals surface area contributed by atoms with Gasteiger partial charge in [-0.3, -0.25) is 9.59 Å². The average Bonchev–Trinajstić information content (AvgIpc) is 3.20. The van der Waals surface area contributed by atoms with Gasteiger partial charge in [-0.1, -0.05) is 56.3 Å². The second kappa shape index (κ2) is 5.99. The highest BCUT2D eigenvalue weighted by Crippen LogP contribution is 2.50. The zero-order valence-corrected chi connectivity index (χ0v) is 13.5. The van der Waals surface area contributed by atoms with Gasteiger partial charge in [0.1, 0.15) is 0 Å². The number of ketones is 1. The van der Waals surface area contributed by atoms with Gasteiger partial charge in [-0.2, -0.15) is 0 Å². The number of carbonyl (C=O) groups excluding carboxylic acids is 2. The lowest BCUT2D eigenvalue weighted by molar-refractivity contribution is 0.0949. The minimum Gasteiger partial charge on any atom is -0.352 e. The highest BCUT2D eigenvalue weighted by molar-refractivity contribution is 6.09. The molecule has 0 saturated heterocycles. The molecular weight excluding hydrogens is 286 g/mol. The number of hydrogen-bond donors (Lipinski definition) is 1. The molecule has 0 bridgehead atoms. The molecule has 1 N–H and O–H groups in total. The number of carbonyl (C=O) groups is 2. The van der Waals surface area contributed by atoms with Gasteiger partial charge < -0.3 is 5.32 Å². The SMILES string of the molecule is CC1(C)CC1CNC(=O)c1ccc(C(=O)c2ccccc2)cc1. The Bertz CT molecular complexity index is 717. The molecule has 3 heteroatoms. The zero-order valence-electron chi connectivity index (χ0n) is 13.5. The van der Waals surface area contributed by atoms with Crippen molar-refractivity contribution in [3.05, 3.63) is 71.3 Å². The van der Waals surface area contributed by atoms with Crippen molar-refractivity contribution in [3.63, 3.8) is 0 Å². The summed E-state index contributed by atoms with van der Waals surface area (Å²) in [6, 6.07) is 16.0. The number of rotatable bonds is 5. The Morgan fingerprint density at radius 3 is 2.04 bits per heavy atom. The van der Waals surface area contributed by atoms with E-state index in [1.807, 2.05) is 18.2 Å². The van der Waals surface area contributed by atoms with Crippen LogP contribution < -0.4 is 5.32 Å². The molecule has 0 spiro atoms. The van der Waals surface area contributed by atoms with Gasteiger partial charge in [0.15, 0.2) is 5.78 Å². The fourth-order valence-electron chi connectivity index (χ4n) is 2.77. The van der Waals surface area contributed by atoms with Gasteiger partial charge in [0.05, 0.1) is 0 Å². The molecule has 23 heavy (non-hydrogen) atoms. The first-order valence-corrected chi connectivity index (χ1v) is 7.95. The summed E-state index contributed by atoms with van der Waals surface area (Å²) in [7, 11) is 0. The molecule has 2 aromatic rings. The van der Waals surface area contributed by atoms with Crippen LogP contribution in [0.25, 0.3) is 0 Å². The summed E-state index contributed by atoms with van der Waals surface area (Å²) in [6.45, 7) is 5.15. The first-order valence-electron chi connectivity index (χ1n) is 7.95. The van der Waals surface area contributed by atoms with Crippen LogP contribution in [0.4, 0.5) is 0 Å². The first kappa shape index (κ1) is 15.5. The monoisotopic (exact) mass is 307 g/mol. The van der Waals surface area contributed by atoms with Crippen LogP contribution in [-0.2, 0) is 0 Å². The topological polar surface area (TPSA) is 46.2 Å². The largest absolute Gasteiger partial charge is 0.352 e. The lowest BCUT2D eigenvalue weighted by Gasteiger charge is -2.07. The van der Waals surface area contributed by atoms with E-state index in [4.69, 9.17) is 0 Å². The lowest BCUT2D eigenvalue weighted by atomic mass is 10.0. The van der Waals surface area contributed by atoms with Crippen LogP contribution in [0.3, 0.4) is 0 Å². The Kier molecular flexibility index (Phi) is 4.03. The highest BCUT2D eigenvalue weighted by atomic mass is 16.1. The second-order valence-corrected chi connectivity index (χ2v) is 6.87. The Morgan fingerprint density at radius 1 is 0.957 bits per heavy atom. The number of amides is 1. The molecule has 3 rings (SSSR count). The summed E-state index contributed by atoms with van der Waals surface area (Å²) in [5.74, 6) is 0.467. The Morgan fingerprint density at radius 2 is 1.48 bits per heavy atom. The molecule has 1 fully saturated rings. The maximum absolute atomic E-state index is 12.3. The van der Waals surface area contributed by atoms with Gasteiger partial charge in [0.25, 0.3) is 5.91 Å². The standard InChI is InChI=1S/C20H21NO2/c1-20(2)12-17(20)13-21-19(23)16-10-8-15(9-11-16)18(22)14-6-4-3-5-7-14/h3-11,17H,12-13H2,1-2H3,(H,21,23). The molecule has 0 aromatic heterocycles. The summed E-state index contributed by atoms with van der Waals surface area (Å²) in [5.41, 5.74) is 2.20. The van der Waals surface area contributed by atoms with Crippen molar-refractivity contribution in [1.29, 1.82) is 0 Å². The summed E-state index contributed by atoms with van der Waals surface area (Å²) < 4.78 is 0. The smallest absolute Gasteiger partial charge is 0.251 e. The number of benzene rings is 2. The maximum atomic E-state index is 12.3. The summed E-state index contributed by atoms with van der Waals surface area (Å²) in [5, 5.41) is 2.97. The van der Waals surface area contributed by atoms with Crippen LogP contribution in [0.2, 0.25) is 0 Å². The van der Waals surface area contributed by atoms with Gasteiger partial charge in [-0.05, 0) is 29.9 Å². The fourth-order valence-corrected chi connectivity index (χ4v) is 2.77. The van der Waals surface area contributed by atoms with Gasteiger partial charge in [-0.25, -0.2) is 0 Å². The van der Waals surface area contributed by atoms with Crippen LogP contribution in [0.1, 0.15) is 46.5 Å². The predicted molar refractivity (Wildman–Crippen MR) is 90.5 cm³/mol. The van der Waals surface area contributed by atoms with E-state index in [-0.39, 0.29) is 11.7 Å². The van der Waals surface area contributed by atoms with Crippen molar-refractivity contribution in [3.8, 4) is 0 Å². The molecule has 0 radical (unpaired) electrons. The minimum absolute atomic E-state index is 0.0303.